The highest BCUT2D eigenvalue weighted by atomic mass is 16.5. The van der Waals surface area contributed by atoms with Crippen LogP contribution in [0.4, 0.5) is 5.69 Å². The number of rotatable bonds is 7. The van der Waals surface area contributed by atoms with Crippen LogP contribution in [-0.2, 0) is 4.74 Å². The number of ether oxygens (including phenoxy) is 2. The van der Waals surface area contributed by atoms with E-state index in [1.54, 1.807) is 12.1 Å². The Morgan fingerprint density at radius 2 is 1.73 bits per heavy atom. The summed E-state index contributed by atoms with van der Waals surface area (Å²) < 4.78 is 10.3. The molecule has 0 radical (unpaired) electrons. The fourth-order valence-corrected chi connectivity index (χ4v) is 1.97. The van der Waals surface area contributed by atoms with Crippen LogP contribution in [0.15, 0.2) is 48.5 Å². The number of nitrogens with one attached hydrogen (secondary N) is 1. The largest absolute Gasteiger partial charge is 0.494 e. The molecule has 4 nitrogen and oxygen atoms in total. The second-order valence-electron chi connectivity index (χ2n) is 5.01. The number of carbonyl (C=O) groups is 1. The Bertz CT molecular complexity index is 591. The topological polar surface area (TPSA) is 47.6 Å². The summed E-state index contributed by atoms with van der Waals surface area (Å²) in [6, 6.07) is 15.3. The third-order valence-corrected chi connectivity index (χ3v) is 3.25. The Hall–Kier alpha value is -2.49. The average molecular weight is 299 g/mol. The molecule has 0 aliphatic carbocycles. The van der Waals surface area contributed by atoms with E-state index < -0.39 is 0 Å². The molecule has 2 aromatic rings. The smallest absolute Gasteiger partial charge is 0.337 e. The van der Waals surface area contributed by atoms with Gasteiger partial charge in [-0.25, -0.2) is 4.79 Å². The van der Waals surface area contributed by atoms with Crippen LogP contribution in [0.2, 0.25) is 0 Å². The summed E-state index contributed by atoms with van der Waals surface area (Å²) in [6.45, 7) is 3.53. The monoisotopic (exact) mass is 299 g/mol. The van der Waals surface area contributed by atoms with E-state index >= 15 is 0 Å². The van der Waals surface area contributed by atoms with Crippen LogP contribution >= 0.6 is 0 Å². The van der Waals surface area contributed by atoms with Crippen LogP contribution in [0.25, 0.3) is 0 Å². The van der Waals surface area contributed by atoms with Gasteiger partial charge in [0.1, 0.15) is 5.75 Å². The third-order valence-electron chi connectivity index (χ3n) is 3.25. The zero-order valence-electron chi connectivity index (χ0n) is 13.0. The van der Waals surface area contributed by atoms with Crippen molar-refractivity contribution in [1.29, 1.82) is 0 Å². The lowest BCUT2D eigenvalue weighted by molar-refractivity contribution is 0.0601. The fourth-order valence-electron chi connectivity index (χ4n) is 1.97. The second-order valence-corrected chi connectivity index (χ2v) is 5.01. The molecule has 0 bridgehead atoms. The van der Waals surface area contributed by atoms with Crippen LogP contribution < -0.4 is 10.1 Å². The van der Waals surface area contributed by atoms with Gasteiger partial charge in [-0.2, -0.15) is 0 Å². The van der Waals surface area contributed by atoms with Crippen molar-refractivity contribution in [3.8, 4) is 5.75 Å². The van der Waals surface area contributed by atoms with Crippen molar-refractivity contribution in [3.05, 3.63) is 59.7 Å². The van der Waals surface area contributed by atoms with Gasteiger partial charge >= 0.3 is 5.97 Å². The van der Waals surface area contributed by atoms with Crippen molar-refractivity contribution in [1.82, 2.24) is 0 Å². The molecule has 0 saturated carbocycles. The lowest BCUT2D eigenvalue weighted by Crippen LogP contribution is -2.07. The average Bonchev–Trinajstić information content (AvgIpc) is 2.56. The van der Waals surface area contributed by atoms with Gasteiger partial charge in [-0.1, -0.05) is 17.7 Å². The summed E-state index contributed by atoms with van der Waals surface area (Å²) in [4.78, 5) is 11.3. The van der Waals surface area contributed by atoms with Gasteiger partial charge < -0.3 is 14.8 Å². The molecule has 0 aliphatic heterocycles. The highest BCUT2D eigenvalue weighted by Crippen LogP contribution is 2.12. The number of hydrogen-bond acceptors (Lipinski definition) is 4. The van der Waals surface area contributed by atoms with Gasteiger partial charge in [0.05, 0.1) is 19.3 Å². The second kappa shape index (κ2) is 8.08. The Balaban J connectivity index is 1.68. The van der Waals surface area contributed by atoms with E-state index in [1.165, 1.54) is 12.7 Å². The highest BCUT2D eigenvalue weighted by Gasteiger charge is 2.03. The van der Waals surface area contributed by atoms with E-state index in [0.29, 0.717) is 12.2 Å². The summed E-state index contributed by atoms with van der Waals surface area (Å²) in [5.41, 5.74) is 2.75. The maximum Gasteiger partial charge on any atom is 0.337 e. The van der Waals surface area contributed by atoms with Crippen molar-refractivity contribution in [2.75, 3.05) is 25.6 Å². The van der Waals surface area contributed by atoms with E-state index in [0.717, 1.165) is 24.4 Å². The molecular weight excluding hydrogens is 278 g/mol. The molecule has 4 heteroatoms. The van der Waals surface area contributed by atoms with Crippen LogP contribution in [-0.4, -0.2) is 26.2 Å². The van der Waals surface area contributed by atoms with Crippen LogP contribution in [0, 0.1) is 6.92 Å². The minimum absolute atomic E-state index is 0.321. The molecule has 22 heavy (non-hydrogen) atoms. The Morgan fingerprint density at radius 3 is 2.36 bits per heavy atom. The van der Waals surface area contributed by atoms with Crippen molar-refractivity contribution >= 4 is 11.7 Å². The van der Waals surface area contributed by atoms with Crippen molar-refractivity contribution in [3.63, 3.8) is 0 Å². The first-order valence-electron chi connectivity index (χ1n) is 7.31. The molecule has 116 valence electrons. The summed E-state index contributed by atoms with van der Waals surface area (Å²) in [5, 5.41) is 3.29. The maximum absolute atomic E-state index is 11.3. The van der Waals surface area contributed by atoms with Gasteiger partial charge in [0, 0.05) is 12.2 Å². The number of esters is 1. The Labute approximate surface area is 131 Å². The first kappa shape index (κ1) is 15.9. The SMILES string of the molecule is COC(=O)c1ccc(NCCCOc2ccc(C)cc2)cc1. The van der Waals surface area contributed by atoms with Gasteiger partial charge in [0.25, 0.3) is 0 Å². The Kier molecular flexibility index (Phi) is 5.83. The molecule has 0 atom stereocenters. The minimum Gasteiger partial charge on any atom is -0.494 e. The first-order chi connectivity index (χ1) is 10.7. The Morgan fingerprint density at radius 1 is 1.05 bits per heavy atom. The molecular formula is C18H21NO3. The van der Waals surface area contributed by atoms with Gasteiger partial charge in [0.15, 0.2) is 0 Å². The lowest BCUT2D eigenvalue weighted by atomic mass is 10.2. The molecule has 2 rings (SSSR count). The van der Waals surface area contributed by atoms with E-state index in [-0.39, 0.29) is 5.97 Å². The lowest BCUT2D eigenvalue weighted by Gasteiger charge is -2.09. The number of hydrogen-bond donors (Lipinski definition) is 1. The molecule has 1 N–H and O–H groups in total. The first-order valence-corrected chi connectivity index (χ1v) is 7.31. The van der Waals surface area contributed by atoms with Crippen molar-refractivity contribution < 1.29 is 14.3 Å². The number of aryl methyl sites for hydroxylation is 1. The molecule has 0 unspecified atom stereocenters. The van der Waals surface area contributed by atoms with Gasteiger partial charge in [-0.05, 0) is 49.7 Å². The van der Waals surface area contributed by atoms with Crippen LogP contribution in [0.1, 0.15) is 22.3 Å². The number of anilines is 1. The fraction of sp³-hybridized carbons (Fsp3) is 0.278. The molecule has 0 aromatic heterocycles. The summed E-state index contributed by atoms with van der Waals surface area (Å²) in [5.74, 6) is 0.575. The standard InChI is InChI=1S/C18H21NO3/c1-14-4-10-17(11-5-14)22-13-3-12-19-16-8-6-15(7-9-16)18(20)21-2/h4-11,19H,3,12-13H2,1-2H3. The highest BCUT2D eigenvalue weighted by molar-refractivity contribution is 5.89. The number of carbonyl (C=O) groups excluding carboxylic acids is 1. The van der Waals surface area contributed by atoms with E-state index in [4.69, 9.17) is 4.74 Å². The molecule has 0 aliphatic rings. The van der Waals surface area contributed by atoms with E-state index in [1.807, 2.05) is 36.4 Å². The summed E-state index contributed by atoms with van der Waals surface area (Å²) >= 11 is 0. The summed E-state index contributed by atoms with van der Waals surface area (Å²) in [7, 11) is 1.38. The predicted molar refractivity (Wildman–Crippen MR) is 87.6 cm³/mol. The molecule has 0 fully saturated rings. The van der Waals surface area contributed by atoms with Gasteiger partial charge in [0.2, 0.25) is 0 Å². The van der Waals surface area contributed by atoms with Crippen molar-refractivity contribution in [2.45, 2.75) is 13.3 Å². The van der Waals surface area contributed by atoms with Crippen LogP contribution in [0.3, 0.4) is 0 Å². The van der Waals surface area contributed by atoms with E-state index in [2.05, 4.69) is 17.0 Å². The molecule has 0 saturated heterocycles. The normalized spacial score (nSPS) is 10.1. The quantitative estimate of drug-likeness (QED) is 0.626. The third kappa shape index (κ3) is 4.81. The van der Waals surface area contributed by atoms with E-state index in [9.17, 15) is 4.79 Å². The summed E-state index contributed by atoms with van der Waals surface area (Å²) in [6.07, 6.45) is 0.895. The van der Waals surface area contributed by atoms with Gasteiger partial charge in [-0.15, -0.1) is 0 Å². The predicted octanol–water partition coefficient (Wildman–Crippen LogP) is 3.66. The zero-order valence-corrected chi connectivity index (χ0v) is 13.0. The zero-order chi connectivity index (χ0) is 15.8. The van der Waals surface area contributed by atoms with Crippen LogP contribution in [0.5, 0.6) is 5.75 Å². The molecule has 0 heterocycles. The maximum atomic E-state index is 11.3. The van der Waals surface area contributed by atoms with Gasteiger partial charge in [-0.3, -0.25) is 0 Å². The molecule has 2 aromatic carbocycles. The molecule has 0 spiro atoms. The van der Waals surface area contributed by atoms with Crippen molar-refractivity contribution in [2.24, 2.45) is 0 Å². The minimum atomic E-state index is -0.321. The molecule has 0 amide bonds. The number of methoxy groups -OCH3 is 1. The number of benzene rings is 2.